The normalized spacial score (nSPS) is 14.4. The van der Waals surface area contributed by atoms with Crippen LogP contribution in [0.4, 0.5) is 10.5 Å². The number of halogens is 2. The molecule has 0 spiro atoms. The monoisotopic (exact) mass is 524 g/mol. The number of aliphatic carboxylic acids is 1. The van der Waals surface area contributed by atoms with E-state index in [1.807, 2.05) is 0 Å². The highest BCUT2D eigenvalue weighted by atomic mass is 35.5. The first kappa shape index (κ1) is 25.4. The number of carbonyl (C=O) groups is 4. The van der Waals surface area contributed by atoms with Crippen molar-refractivity contribution in [3.8, 4) is 11.5 Å². The number of amides is 3. The van der Waals surface area contributed by atoms with E-state index < -0.39 is 36.2 Å². The van der Waals surface area contributed by atoms with Crippen LogP contribution in [0.25, 0.3) is 6.08 Å². The van der Waals surface area contributed by atoms with Gasteiger partial charge in [-0.05, 0) is 54.6 Å². The van der Waals surface area contributed by atoms with Crippen LogP contribution in [0.15, 0.2) is 41.3 Å². The Balaban J connectivity index is 1.78. The number of nitrogens with one attached hydrogen (secondary N) is 1. The lowest BCUT2D eigenvalue weighted by atomic mass is 10.1. The minimum absolute atomic E-state index is 0.0485. The Morgan fingerprint density at radius 1 is 1.15 bits per heavy atom. The summed E-state index contributed by atoms with van der Waals surface area (Å²) < 4.78 is 10.7. The van der Waals surface area contributed by atoms with E-state index in [9.17, 15) is 19.2 Å². The Kier molecular flexibility index (Phi) is 8.43. The number of hydrogen-bond acceptors (Lipinski definition) is 7. The average Bonchev–Trinajstić information content (AvgIpc) is 3.02. The third-order valence-electron chi connectivity index (χ3n) is 4.29. The van der Waals surface area contributed by atoms with Crippen molar-refractivity contribution >= 4 is 69.8 Å². The molecular weight excluding hydrogens is 507 g/mol. The second kappa shape index (κ2) is 11.3. The molecule has 0 atom stereocenters. The fourth-order valence-corrected chi connectivity index (χ4v) is 4.19. The van der Waals surface area contributed by atoms with Gasteiger partial charge in [-0.1, -0.05) is 35.3 Å². The van der Waals surface area contributed by atoms with E-state index in [0.717, 1.165) is 4.90 Å². The number of hydrogen-bond donors (Lipinski definition) is 2. The topological polar surface area (TPSA) is 122 Å². The number of imide groups is 1. The van der Waals surface area contributed by atoms with Gasteiger partial charge in [-0.15, -0.1) is 0 Å². The van der Waals surface area contributed by atoms with Crippen LogP contribution in [0, 0.1) is 0 Å². The Hall–Kier alpha value is -3.21. The van der Waals surface area contributed by atoms with Gasteiger partial charge in [0, 0.05) is 0 Å². The van der Waals surface area contributed by atoms with Crippen LogP contribution in [0.3, 0.4) is 0 Å². The molecule has 2 N–H and O–H groups in total. The standard InChI is InChI=1S/C22H18Cl2N2O7S/c1-2-32-16-8-12(7-14(24)20(16)33-11-19(28)29)9-17-21(30)26(22(31)34-17)10-18(27)25-15-6-4-3-5-13(15)23/h3-9H,2,10-11H2,1H3,(H,25,27)(H,28,29)/b17-9-. The second-order valence-electron chi connectivity index (χ2n) is 6.74. The number of ether oxygens (including phenoxy) is 2. The first-order chi connectivity index (χ1) is 16.2. The van der Waals surface area contributed by atoms with Crippen LogP contribution < -0.4 is 14.8 Å². The minimum Gasteiger partial charge on any atom is -0.490 e. The van der Waals surface area contributed by atoms with Gasteiger partial charge in [0.15, 0.2) is 18.1 Å². The molecular formula is C22H18Cl2N2O7S. The first-order valence-corrected chi connectivity index (χ1v) is 11.4. The molecule has 1 aliphatic heterocycles. The SMILES string of the molecule is CCOc1cc(/C=C2\SC(=O)N(CC(=O)Nc3ccccc3Cl)C2=O)cc(Cl)c1OCC(=O)O. The third kappa shape index (κ3) is 6.22. The molecule has 178 valence electrons. The Morgan fingerprint density at radius 3 is 2.56 bits per heavy atom. The molecule has 0 saturated carbocycles. The number of carboxylic acid groups (broad SMARTS) is 1. The van der Waals surface area contributed by atoms with Crippen LogP contribution in [-0.2, 0) is 14.4 Å². The molecule has 1 heterocycles. The van der Waals surface area contributed by atoms with E-state index in [1.54, 1.807) is 31.2 Å². The first-order valence-electron chi connectivity index (χ1n) is 9.80. The summed E-state index contributed by atoms with van der Waals surface area (Å²) in [4.78, 5) is 49.2. The second-order valence-corrected chi connectivity index (χ2v) is 8.55. The number of benzene rings is 2. The van der Waals surface area contributed by atoms with Crippen LogP contribution in [-0.4, -0.2) is 52.8 Å². The molecule has 9 nitrogen and oxygen atoms in total. The summed E-state index contributed by atoms with van der Waals surface area (Å²) in [5.41, 5.74) is 0.780. The van der Waals surface area contributed by atoms with Crippen molar-refractivity contribution in [3.05, 3.63) is 56.9 Å². The molecule has 3 amide bonds. The Labute approximate surface area is 208 Å². The van der Waals surface area contributed by atoms with Crippen LogP contribution >= 0.6 is 35.0 Å². The largest absolute Gasteiger partial charge is 0.490 e. The van der Waals surface area contributed by atoms with E-state index in [1.165, 1.54) is 18.2 Å². The summed E-state index contributed by atoms with van der Waals surface area (Å²) in [5, 5.41) is 11.2. The molecule has 1 saturated heterocycles. The van der Waals surface area contributed by atoms with Gasteiger partial charge in [-0.3, -0.25) is 19.3 Å². The molecule has 34 heavy (non-hydrogen) atoms. The molecule has 0 radical (unpaired) electrons. The molecule has 0 unspecified atom stereocenters. The molecule has 0 bridgehead atoms. The molecule has 1 aliphatic rings. The van der Waals surface area contributed by atoms with Crippen molar-refractivity contribution in [2.75, 3.05) is 25.1 Å². The number of anilines is 1. The van der Waals surface area contributed by atoms with Crippen molar-refractivity contribution in [2.45, 2.75) is 6.92 Å². The molecule has 0 aromatic heterocycles. The van der Waals surface area contributed by atoms with Gasteiger partial charge >= 0.3 is 5.97 Å². The molecule has 2 aromatic carbocycles. The summed E-state index contributed by atoms with van der Waals surface area (Å²) in [7, 11) is 0. The van der Waals surface area contributed by atoms with Gasteiger partial charge in [-0.25, -0.2) is 4.79 Å². The van der Waals surface area contributed by atoms with Crippen molar-refractivity contribution < 1.29 is 33.8 Å². The lowest BCUT2D eigenvalue weighted by molar-refractivity contribution is -0.139. The number of para-hydroxylation sites is 1. The predicted octanol–water partition coefficient (Wildman–Crippen LogP) is 4.53. The number of carboxylic acids is 1. The highest BCUT2D eigenvalue weighted by Crippen LogP contribution is 2.39. The quantitative estimate of drug-likeness (QED) is 0.458. The zero-order valence-electron chi connectivity index (χ0n) is 17.7. The number of carbonyl (C=O) groups excluding carboxylic acids is 3. The van der Waals surface area contributed by atoms with Crippen molar-refractivity contribution in [2.24, 2.45) is 0 Å². The smallest absolute Gasteiger partial charge is 0.341 e. The van der Waals surface area contributed by atoms with Gasteiger partial charge in [0.25, 0.3) is 11.1 Å². The zero-order chi connectivity index (χ0) is 24.8. The van der Waals surface area contributed by atoms with Gasteiger partial charge < -0.3 is 19.9 Å². The summed E-state index contributed by atoms with van der Waals surface area (Å²) in [6.45, 7) is 0.870. The number of thioether (sulfide) groups is 1. The highest BCUT2D eigenvalue weighted by molar-refractivity contribution is 8.18. The van der Waals surface area contributed by atoms with Gasteiger partial charge in [0.1, 0.15) is 6.54 Å². The maximum atomic E-state index is 12.8. The fraction of sp³-hybridized carbons (Fsp3) is 0.182. The van der Waals surface area contributed by atoms with Gasteiger partial charge in [-0.2, -0.15) is 0 Å². The fourth-order valence-electron chi connectivity index (χ4n) is 2.89. The highest BCUT2D eigenvalue weighted by Gasteiger charge is 2.36. The predicted molar refractivity (Wildman–Crippen MR) is 129 cm³/mol. The maximum absolute atomic E-state index is 12.8. The average molecular weight is 525 g/mol. The third-order valence-corrected chi connectivity index (χ3v) is 5.81. The number of rotatable bonds is 9. The van der Waals surface area contributed by atoms with Crippen molar-refractivity contribution in [1.82, 2.24) is 4.90 Å². The Morgan fingerprint density at radius 2 is 1.88 bits per heavy atom. The summed E-state index contributed by atoms with van der Waals surface area (Å²) in [5.74, 6) is -2.19. The van der Waals surface area contributed by atoms with E-state index >= 15 is 0 Å². The molecule has 1 fully saturated rings. The zero-order valence-corrected chi connectivity index (χ0v) is 20.0. The van der Waals surface area contributed by atoms with Crippen LogP contribution in [0.1, 0.15) is 12.5 Å². The molecule has 3 rings (SSSR count). The Bertz CT molecular complexity index is 1190. The van der Waals surface area contributed by atoms with E-state index in [2.05, 4.69) is 5.32 Å². The van der Waals surface area contributed by atoms with Gasteiger partial charge in [0.2, 0.25) is 5.91 Å². The van der Waals surface area contributed by atoms with Crippen LogP contribution in [0.5, 0.6) is 11.5 Å². The van der Waals surface area contributed by atoms with Crippen molar-refractivity contribution in [1.29, 1.82) is 0 Å². The van der Waals surface area contributed by atoms with Crippen molar-refractivity contribution in [3.63, 3.8) is 0 Å². The lowest BCUT2D eigenvalue weighted by Gasteiger charge is -2.14. The van der Waals surface area contributed by atoms with E-state index in [-0.39, 0.29) is 28.0 Å². The molecule has 0 aliphatic carbocycles. The van der Waals surface area contributed by atoms with Gasteiger partial charge in [0.05, 0.1) is 27.2 Å². The summed E-state index contributed by atoms with van der Waals surface area (Å²) in [6.07, 6.45) is 1.42. The van der Waals surface area contributed by atoms with E-state index in [0.29, 0.717) is 28.0 Å². The maximum Gasteiger partial charge on any atom is 0.341 e. The summed E-state index contributed by atoms with van der Waals surface area (Å²) in [6, 6.07) is 9.53. The number of nitrogens with zero attached hydrogens (tertiary/aromatic N) is 1. The molecule has 12 heteroatoms. The summed E-state index contributed by atoms with van der Waals surface area (Å²) >= 11 is 12.9. The van der Waals surface area contributed by atoms with Crippen LogP contribution in [0.2, 0.25) is 10.0 Å². The molecule has 2 aromatic rings. The van der Waals surface area contributed by atoms with E-state index in [4.69, 9.17) is 37.8 Å². The lowest BCUT2D eigenvalue weighted by Crippen LogP contribution is -2.36. The minimum atomic E-state index is -1.19.